The summed E-state index contributed by atoms with van der Waals surface area (Å²) in [6.45, 7) is 6.20. The molecule has 4 nitrogen and oxygen atoms in total. The number of rotatable bonds is 2. The second-order valence-corrected chi connectivity index (χ2v) is 7.47. The molecule has 1 fully saturated rings. The second kappa shape index (κ2) is 4.89. The van der Waals surface area contributed by atoms with Crippen molar-refractivity contribution in [1.29, 1.82) is 0 Å². The molecule has 1 saturated carbocycles. The summed E-state index contributed by atoms with van der Waals surface area (Å²) in [5, 5.41) is 10.1. The summed E-state index contributed by atoms with van der Waals surface area (Å²) >= 11 is 0. The van der Waals surface area contributed by atoms with Crippen molar-refractivity contribution in [3.63, 3.8) is 0 Å². The molecule has 0 saturated heterocycles. The van der Waals surface area contributed by atoms with Crippen molar-refractivity contribution in [3.8, 4) is 11.5 Å². The van der Waals surface area contributed by atoms with Gasteiger partial charge in [-0.05, 0) is 39.2 Å². The maximum Gasteiger partial charge on any atom is 0.314 e. The van der Waals surface area contributed by atoms with Crippen molar-refractivity contribution < 1.29 is 19.4 Å². The van der Waals surface area contributed by atoms with Crippen molar-refractivity contribution in [1.82, 2.24) is 0 Å². The van der Waals surface area contributed by atoms with Gasteiger partial charge in [-0.3, -0.25) is 4.79 Å². The van der Waals surface area contributed by atoms with Crippen molar-refractivity contribution >= 4 is 5.97 Å². The summed E-state index contributed by atoms with van der Waals surface area (Å²) in [5.74, 6) is 1.08. The molecule has 4 heteroatoms. The maximum atomic E-state index is 12.3. The van der Waals surface area contributed by atoms with Crippen LogP contribution in [0.15, 0.2) is 0 Å². The van der Waals surface area contributed by atoms with Crippen molar-refractivity contribution in [2.45, 2.75) is 76.9 Å². The third kappa shape index (κ3) is 1.93. The molecule has 4 rings (SSSR count). The molecular formula is C19H24O4. The lowest BCUT2D eigenvalue weighted by atomic mass is 9.74. The van der Waals surface area contributed by atoms with Gasteiger partial charge >= 0.3 is 5.97 Å². The Labute approximate surface area is 136 Å². The van der Waals surface area contributed by atoms with Gasteiger partial charge in [0.2, 0.25) is 0 Å². The summed E-state index contributed by atoms with van der Waals surface area (Å²) in [4.78, 5) is 12.3. The number of carboxylic acid groups (broad SMARTS) is 1. The van der Waals surface area contributed by atoms with E-state index in [4.69, 9.17) is 9.47 Å². The minimum absolute atomic E-state index is 0.106. The molecule has 0 spiro atoms. The number of ether oxygens (including phenoxy) is 2. The van der Waals surface area contributed by atoms with E-state index < -0.39 is 11.4 Å². The predicted molar refractivity (Wildman–Crippen MR) is 86.5 cm³/mol. The van der Waals surface area contributed by atoms with E-state index in [1.54, 1.807) is 0 Å². The Hall–Kier alpha value is -1.71. The van der Waals surface area contributed by atoms with Crippen LogP contribution in [0.1, 0.15) is 61.8 Å². The standard InChI is InChI=1S/C19H24O4/c1-10-8-13-12(3)16-14(9-11(2)22-16)15(17(13)23-10)19(18(20)21)6-4-5-7-19/h10-11H,4-9H2,1-3H3,(H,20,21). The molecule has 2 unspecified atom stereocenters. The molecule has 0 radical (unpaired) electrons. The van der Waals surface area contributed by atoms with E-state index in [2.05, 4.69) is 20.8 Å². The quantitative estimate of drug-likeness (QED) is 0.907. The first-order valence-electron chi connectivity index (χ1n) is 8.69. The van der Waals surface area contributed by atoms with Gasteiger partial charge in [-0.25, -0.2) is 0 Å². The summed E-state index contributed by atoms with van der Waals surface area (Å²) in [6.07, 6.45) is 5.18. The Balaban J connectivity index is 2.02. The van der Waals surface area contributed by atoms with Crippen LogP contribution in [-0.4, -0.2) is 23.3 Å². The second-order valence-electron chi connectivity index (χ2n) is 7.47. The van der Waals surface area contributed by atoms with Gasteiger partial charge in [-0.2, -0.15) is 0 Å². The van der Waals surface area contributed by atoms with Crippen LogP contribution < -0.4 is 9.47 Å². The van der Waals surface area contributed by atoms with Crippen molar-refractivity contribution in [2.24, 2.45) is 0 Å². The highest BCUT2D eigenvalue weighted by molar-refractivity contribution is 5.85. The third-order valence-corrected chi connectivity index (χ3v) is 5.84. The maximum absolute atomic E-state index is 12.3. The van der Waals surface area contributed by atoms with Gasteiger partial charge in [0.25, 0.3) is 0 Å². The summed E-state index contributed by atoms with van der Waals surface area (Å²) < 4.78 is 12.2. The number of carboxylic acids is 1. The molecule has 0 aromatic heterocycles. The zero-order valence-corrected chi connectivity index (χ0v) is 14.1. The number of carbonyl (C=O) groups is 1. The molecule has 23 heavy (non-hydrogen) atoms. The van der Waals surface area contributed by atoms with Crippen molar-refractivity contribution in [3.05, 3.63) is 22.3 Å². The molecule has 0 bridgehead atoms. The number of hydrogen-bond acceptors (Lipinski definition) is 3. The minimum Gasteiger partial charge on any atom is -0.490 e. The summed E-state index contributed by atoms with van der Waals surface area (Å²) in [7, 11) is 0. The Morgan fingerprint density at radius 2 is 1.61 bits per heavy atom. The number of fused-ring (bicyclic) bond motifs is 2. The fourth-order valence-corrected chi connectivity index (χ4v) is 4.78. The molecule has 124 valence electrons. The highest BCUT2D eigenvalue weighted by Crippen LogP contribution is 2.54. The van der Waals surface area contributed by atoms with Crippen LogP contribution in [0.5, 0.6) is 11.5 Å². The van der Waals surface area contributed by atoms with Gasteiger partial charge in [0.05, 0.1) is 5.41 Å². The molecule has 1 aromatic carbocycles. The van der Waals surface area contributed by atoms with Crippen LogP contribution in [0.3, 0.4) is 0 Å². The zero-order valence-electron chi connectivity index (χ0n) is 14.1. The SMILES string of the molecule is Cc1c2c(c(C3(C(=O)O)CCCC3)c3c1OC(C)C3)OC(C)C2. The smallest absolute Gasteiger partial charge is 0.314 e. The van der Waals surface area contributed by atoms with E-state index in [1.165, 1.54) is 0 Å². The first-order chi connectivity index (χ1) is 10.9. The molecular weight excluding hydrogens is 292 g/mol. The van der Waals surface area contributed by atoms with Gasteiger partial charge in [0, 0.05) is 29.5 Å². The topological polar surface area (TPSA) is 55.8 Å². The fraction of sp³-hybridized carbons (Fsp3) is 0.632. The molecule has 2 aliphatic heterocycles. The van der Waals surface area contributed by atoms with Gasteiger partial charge in [-0.1, -0.05) is 12.8 Å². The van der Waals surface area contributed by atoms with E-state index in [0.717, 1.165) is 59.4 Å². The first kappa shape index (κ1) is 14.9. The molecule has 0 amide bonds. The van der Waals surface area contributed by atoms with Gasteiger partial charge in [0.1, 0.15) is 23.7 Å². The van der Waals surface area contributed by atoms with E-state index in [9.17, 15) is 9.90 Å². The Kier molecular flexibility index (Phi) is 3.16. The molecule has 2 heterocycles. The fourth-order valence-electron chi connectivity index (χ4n) is 4.78. The molecule has 1 aliphatic carbocycles. The van der Waals surface area contributed by atoms with Gasteiger partial charge < -0.3 is 14.6 Å². The highest BCUT2D eigenvalue weighted by Gasteiger charge is 2.50. The van der Waals surface area contributed by atoms with Gasteiger partial charge in [0.15, 0.2) is 0 Å². The summed E-state index contributed by atoms with van der Waals surface area (Å²) in [6, 6.07) is 0. The Morgan fingerprint density at radius 3 is 2.22 bits per heavy atom. The van der Waals surface area contributed by atoms with Gasteiger partial charge in [-0.15, -0.1) is 0 Å². The Bertz CT molecular complexity index is 646. The number of hydrogen-bond donors (Lipinski definition) is 1. The van der Waals surface area contributed by atoms with Crippen LogP contribution in [0, 0.1) is 6.92 Å². The molecule has 3 aliphatic rings. The van der Waals surface area contributed by atoms with Crippen LogP contribution >= 0.6 is 0 Å². The lowest BCUT2D eigenvalue weighted by Gasteiger charge is -2.29. The predicted octanol–water partition coefficient (Wildman–Crippen LogP) is 3.54. The van der Waals surface area contributed by atoms with Crippen LogP contribution in [-0.2, 0) is 23.1 Å². The van der Waals surface area contributed by atoms with E-state index in [1.807, 2.05) is 0 Å². The van der Waals surface area contributed by atoms with E-state index >= 15 is 0 Å². The Morgan fingerprint density at radius 1 is 1.04 bits per heavy atom. The number of benzene rings is 1. The third-order valence-electron chi connectivity index (χ3n) is 5.84. The average Bonchev–Trinajstić information content (AvgIpc) is 3.18. The monoisotopic (exact) mass is 316 g/mol. The zero-order chi connectivity index (χ0) is 16.4. The minimum atomic E-state index is -0.792. The normalized spacial score (nSPS) is 27.3. The molecule has 1 aromatic rings. The van der Waals surface area contributed by atoms with Crippen LogP contribution in [0.4, 0.5) is 0 Å². The lowest BCUT2D eigenvalue weighted by Crippen LogP contribution is -2.34. The highest BCUT2D eigenvalue weighted by atomic mass is 16.5. The largest absolute Gasteiger partial charge is 0.490 e. The number of aliphatic carboxylic acids is 1. The molecule has 1 N–H and O–H groups in total. The lowest BCUT2D eigenvalue weighted by molar-refractivity contribution is -0.143. The van der Waals surface area contributed by atoms with Crippen molar-refractivity contribution in [2.75, 3.05) is 0 Å². The average molecular weight is 316 g/mol. The van der Waals surface area contributed by atoms with E-state index in [-0.39, 0.29) is 12.2 Å². The summed E-state index contributed by atoms with van der Waals surface area (Å²) in [5.41, 5.74) is 3.54. The molecule has 2 atom stereocenters. The van der Waals surface area contributed by atoms with Crippen LogP contribution in [0.25, 0.3) is 0 Å². The first-order valence-corrected chi connectivity index (χ1v) is 8.69. The van der Waals surface area contributed by atoms with Crippen LogP contribution in [0.2, 0.25) is 0 Å². The van der Waals surface area contributed by atoms with E-state index in [0.29, 0.717) is 12.8 Å².